The Morgan fingerprint density at radius 2 is 1.81 bits per heavy atom. The molecule has 1 aromatic carbocycles. The van der Waals surface area contributed by atoms with Crippen LogP contribution < -0.4 is 0 Å². The topological polar surface area (TPSA) is 41.4 Å². The van der Waals surface area contributed by atoms with Gasteiger partial charge in [0.05, 0.1) is 18.3 Å². The summed E-state index contributed by atoms with van der Waals surface area (Å²) in [6.45, 7) is 5.03. The Labute approximate surface area is 157 Å². The SMILES string of the molecule is O=C(c1cnn(Cc2ccccc2)c1)N1CCN(Cc2ccsc2)CC1. The van der Waals surface area contributed by atoms with Crippen LogP contribution in [0.1, 0.15) is 21.5 Å². The van der Waals surface area contributed by atoms with Gasteiger partial charge in [0, 0.05) is 38.9 Å². The van der Waals surface area contributed by atoms with E-state index in [2.05, 4.69) is 39.0 Å². The monoisotopic (exact) mass is 366 g/mol. The second-order valence-electron chi connectivity index (χ2n) is 6.61. The zero-order valence-corrected chi connectivity index (χ0v) is 15.4. The van der Waals surface area contributed by atoms with Gasteiger partial charge in [-0.25, -0.2) is 0 Å². The molecule has 134 valence electrons. The molecule has 0 atom stereocenters. The molecule has 3 aromatic rings. The van der Waals surface area contributed by atoms with Crippen LogP contribution in [0.5, 0.6) is 0 Å². The quantitative estimate of drug-likeness (QED) is 0.697. The van der Waals surface area contributed by atoms with Crippen LogP contribution >= 0.6 is 11.3 Å². The van der Waals surface area contributed by atoms with Crippen molar-refractivity contribution < 1.29 is 4.79 Å². The predicted molar refractivity (Wildman–Crippen MR) is 103 cm³/mol. The lowest BCUT2D eigenvalue weighted by atomic mass is 10.2. The molecule has 5 nitrogen and oxygen atoms in total. The van der Waals surface area contributed by atoms with Crippen LogP contribution in [-0.2, 0) is 13.1 Å². The number of hydrogen-bond donors (Lipinski definition) is 0. The molecule has 3 heterocycles. The predicted octanol–water partition coefficient (Wildman–Crippen LogP) is 2.95. The van der Waals surface area contributed by atoms with Crippen molar-refractivity contribution in [1.82, 2.24) is 19.6 Å². The number of rotatable bonds is 5. The number of aromatic nitrogens is 2. The largest absolute Gasteiger partial charge is 0.336 e. The Morgan fingerprint density at radius 1 is 1.00 bits per heavy atom. The van der Waals surface area contributed by atoms with E-state index in [1.165, 1.54) is 11.1 Å². The third-order valence-corrected chi connectivity index (χ3v) is 5.45. The zero-order valence-electron chi connectivity index (χ0n) is 14.6. The first-order valence-electron chi connectivity index (χ1n) is 8.87. The summed E-state index contributed by atoms with van der Waals surface area (Å²) in [4.78, 5) is 17.1. The highest BCUT2D eigenvalue weighted by Crippen LogP contribution is 2.13. The third-order valence-electron chi connectivity index (χ3n) is 4.71. The summed E-state index contributed by atoms with van der Waals surface area (Å²) in [5.41, 5.74) is 3.21. The van der Waals surface area contributed by atoms with E-state index in [0.29, 0.717) is 12.1 Å². The molecule has 1 aliphatic heterocycles. The highest BCUT2D eigenvalue weighted by Gasteiger charge is 2.23. The standard InChI is InChI=1S/C20H22N4OS/c25-20(19-12-21-24(15-19)14-17-4-2-1-3-5-17)23-9-7-22(8-10-23)13-18-6-11-26-16-18/h1-6,11-12,15-16H,7-10,13-14H2. The van der Waals surface area contributed by atoms with Crippen LogP contribution in [0.2, 0.25) is 0 Å². The fourth-order valence-corrected chi connectivity index (χ4v) is 3.92. The van der Waals surface area contributed by atoms with Crippen molar-refractivity contribution in [2.75, 3.05) is 26.2 Å². The fourth-order valence-electron chi connectivity index (χ4n) is 3.26. The van der Waals surface area contributed by atoms with Gasteiger partial charge in [0.15, 0.2) is 0 Å². The number of amides is 1. The molecular weight excluding hydrogens is 344 g/mol. The first-order valence-corrected chi connectivity index (χ1v) is 9.81. The minimum atomic E-state index is 0.0829. The van der Waals surface area contributed by atoms with E-state index in [-0.39, 0.29) is 5.91 Å². The number of benzene rings is 1. The highest BCUT2D eigenvalue weighted by atomic mass is 32.1. The van der Waals surface area contributed by atoms with E-state index in [1.807, 2.05) is 34.0 Å². The second kappa shape index (κ2) is 7.85. The van der Waals surface area contributed by atoms with Gasteiger partial charge >= 0.3 is 0 Å². The van der Waals surface area contributed by atoms with Crippen molar-refractivity contribution in [2.24, 2.45) is 0 Å². The minimum absolute atomic E-state index is 0.0829. The molecule has 0 radical (unpaired) electrons. The van der Waals surface area contributed by atoms with Crippen LogP contribution in [0.25, 0.3) is 0 Å². The number of carbonyl (C=O) groups excluding carboxylic acids is 1. The summed E-state index contributed by atoms with van der Waals surface area (Å²) < 4.78 is 1.83. The average Bonchev–Trinajstić information content (AvgIpc) is 3.35. The summed E-state index contributed by atoms with van der Waals surface area (Å²) in [6.07, 6.45) is 3.54. The maximum absolute atomic E-state index is 12.7. The maximum Gasteiger partial charge on any atom is 0.257 e. The molecule has 1 fully saturated rings. The molecule has 0 spiro atoms. The van der Waals surface area contributed by atoms with Gasteiger partial charge in [-0.05, 0) is 28.0 Å². The Bertz CT molecular complexity index is 836. The van der Waals surface area contributed by atoms with Gasteiger partial charge in [0.25, 0.3) is 5.91 Å². The van der Waals surface area contributed by atoms with Crippen molar-refractivity contribution in [3.05, 3.63) is 76.2 Å². The average molecular weight is 366 g/mol. The normalized spacial score (nSPS) is 15.3. The van der Waals surface area contributed by atoms with Gasteiger partial charge in [-0.3, -0.25) is 14.4 Å². The van der Waals surface area contributed by atoms with Gasteiger partial charge in [-0.15, -0.1) is 0 Å². The highest BCUT2D eigenvalue weighted by molar-refractivity contribution is 7.07. The van der Waals surface area contributed by atoms with E-state index >= 15 is 0 Å². The van der Waals surface area contributed by atoms with Gasteiger partial charge < -0.3 is 4.90 Å². The van der Waals surface area contributed by atoms with Crippen LogP contribution in [-0.4, -0.2) is 51.7 Å². The summed E-state index contributed by atoms with van der Waals surface area (Å²) in [5.74, 6) is 0.0829. The minimum Gasteiger partial charge on any atom is -0.336 e. The molecule has 1 aliphatic rings. The third kappa shape index (κ3) is 4.03. The Morgan fingerprint density at radius 3 is 2.54 bits per heavy atom. The number of thiophene rings is 1. The van der Waals surface area contributed by atoms with E-state index < -0.39 is 0 Å². The van der Waals surface area contributed by atoms with E-state index in [4.69, 9.17) is 0 Å². The van der Waals surface area contributed by atoms with Gasteiger partial charge in [0.1, 0.15) is 0 Å². The van der Waals surface area contributed by atoms with Crippen molar-refractivity contribution in [2.45, 2.75) is 13.1 Å². The molecule has 1 saturated heterocycles. The molecule has 6 heteroatoms. The lowest BCUT2D eigenvalue weighted by Crippen LogP contribution is -2.48. The number of carbonyl (C=O) groups is 1. The molecule has 2 aromatic heterocycles. The van der Waals surface area contributed by atoms with Crippen molar-refractivity contribution in [1.29, 1.82) is 0 Å². The van der Waals surface area contributed by atoms with Crippen LogP contribution in [0.3, 0.4) is 0 Å². The molecule has 4 rings (SSSR count). The number of nitrogens with zero attached hydrogens (tertiary/aromatic N) is 4. The molecule has 0 saturated carbocycles. The van der Waals surface area contributed by atoms with Gasteiger partial charge in [0.2, 0.25) is 0 Å². The summed E-state index contributed by atoms with van der Waals surface area (Å²) in [6, 6.07) is 12.3. The van der Waals surface area contributed by atoms with Crippen molar-refractivity contribution in [3.63, 3.8) is 0 Å². The molecule has 0 bridgehead atoms. The molecule has 1 amide bonds. The maximum atomic E-state index is 12.7. The van der Waals surface area contributed by atoms with Crippen molar-refractivity contribution >= 4 is 17.2 Å². The lowest BCUT2D eigenvalue weighted by molar-refractivity contribution is 0.0628. The first kappa shape index (κ1) is 17.0. The van der Waals surface area contributed by atoms with Gasteiger partial charge in [-0.2, -0.15) is 16.4 Å². The van der Waals surface area contributed by atoms with Crippen LogP contribution in [0.4, 0.5) is 0 Å². The van der Waals surface area contributed by atoms with Crippen molar-refractivity contribution in [3.8, 4) is 0 Å². The smallest absolute Gasteiger partial charge is 0.257 e. The van der Waals surface area contributed by atoms with E-state index in [0.717, 1.165) is 32.7 Å². The summed E-state index contributed by atoms with van der Waals surface area (Å²) in [7, 11) is 0. The Balaban J connectivity index is 1.32. The van der Waals surface area contributed by atoms with E-state index in [9.17, 15) is 4.79 Å². The first-order chi connectivity index (χ1) is 12.8. The van der Waals surface area contributed by atoms with E-state index in [1.54, 1.807) is 17.5 Å². The molecular formula is C20H22N4OS. The van der Waals surface area contributed by atoms with Crippen LogP contribution in [0.15, 0.2) is 59.6 Å². The molecule has 0 N–H and O–H groups in total. The van der Waals surface area contributed by atoms with Crippen LogP contribution in [0, 0.1) is 0 Å². The Kier molecular flexibility index (Phi) is 5.13. The fraction of sp³-hybridized carbons (Fsp3) is 0.300. The van der Waals surface area contributed by atoms with Gasteiger partial charge in [-0.1, -0.05) is 30.3 Å². The molecule has 0 unspecified atom stereocenters. The Hall–Kier alpha value is -2.44. The lowest BCUT2D eigenvalue weighted by Gasteiger charge is -2.34. The zero-order chi connectivity index (χ0) is 17.8. The molecule has 0 aliphatic carbocycles. The number of piperazine rings is 1. The number of hydrogen-bond acceptors (Lipinski definition) is 4. The second-order valence-corrected chi connectivity index (χ2v) is 7.39. The summed E-state index contributed by atoms with van der Waals surface area (Å²) in [5, 5.41) is 8.66. The molecule has 26 heavy (non-hydrogen) atoms. The summed E-state index contributed by atoms with van der Waals surface area (Å²) >= 11 is 1.73.